The molecule has 0 spiro atoms. The van der Waals surface area contributed by atoms with Crippen LogP contribution < -0.4 is 11.1 Å². The smallest absolute Gasteiger partial charge is 0.341 e. The topological polar surface area (TPSA) is 146 Å². The van der Waals surface area contributed by atoms with Gasteiger partial charge in [0.2, 0.25) is 0 Å². The van der Waals surface area contributed by atoms with Crippen LogP contribution in [0, 0.1) is 6.92 Å². The number of methoxy groups -OCH3 is 1. The van der Waals surface area contributed by atoms with E-state index in [-0.39, 0.29) is 21.1 Å². The van der Waals surface area contributed by atoms with E-state index in [1.807, 2.05) is 13.1 Å². The van der Waals surface area contributed by atoms with Gasteiger partial charge in [-0.3, -0.25) is 14.3 Å². The summed E-state index contributed by atoms with van der Waals surface area (Å²) in [4.78, 5) is 41.4. The molecule has 2 amide bonds. The molecule has 170 valence electrons. The van der Waals surface area contributed by atoms with Crippen LogP contribution in [0.3, 0.4) is 0 Å². The zero-order valence-corrected chi connectivity index (χ0v) is 20.2. The largest absolute Gasteiger partial charge is 0.465 e. The maximum absolute atomic E-state index is 13.0. The Balaban J connectivity index is 1.73. The van der Waals surface area contributed by atoms with Crippen LogP contribution in [0.4, 0.5) is 5.00 Å². The number of anilines is 1. The molecule has 0 radical (unpaired) electrons. The van der Waals surface area contributed by atoms with Crippen molar-refractivity contribution in [2.45, 2.75) is 20.4 Å². The van der Waals surface area contributed by atoms with Crippen molar-refractivity contribution >= 4 is 55.7 Å². The van der Waals surface area contributed by atoms with Gasteiger partial charge >= 0.3 is 5.97 Å². The van der Waals surface area contributed by atoms with E-state index >= 15 is 0 Å². The third-order valence-corrected chi connectivity index (χ3v) is 6.66. The minimum absolute atomic E-state index is 0.0588. The molecule has 0 fully saturated rings. The van der Waals surface area contributed by atoms with E-state index in [2.05, 4.69) is 36.4 Å². The lowest BCUT2D eigenvalue weighted by Gasteiger charge is -2.04. The number of esters is 1. The normalized spacial score (nSPS) is 11.0. The number of nitrogens with two attached hydrogens (primary N) is 1. The van der Waals surface area contributed by atoms with E-state index in [4.69, 9.17) is 10.5 Å². The number of amides is 2. The zero-order valence-electron chi connectivity index (χ0n) is 17.7. The molecule has 0 saturated carbocycles. The molecular formula is C20H18BrN7O4S. The summed E-state index contributed by atoms with van der Waals surface area (Å²) in [7, 11) is 1.21. The second-order valence-electron chi connectivity index (χ2n) is 6.88. The Labute approximate surface area is 199 Å². The Kier molecular flexibility index (Phi) is 5.99. The van der Waals surface area contributed by atoms with E-state index in [0.717, 1.165) is 15.8 Å². The van der Waals surface area contributed by atoms with E-state index in [1.54, 1.807) is 23.9 Å². The molecule has 13 heteroatoms. The molecule has 3 N–H and O–H groups in total. The number of nitrogens with one attached hydrogen (secondary N) is 1. The lowest BCUT2D eigenvalue weighted by atomic mass is 10.1. The number of fused-ring (bicyclic) bond motifs is 1. The first-order chi connectivity index (χ1) is 15.7. The van der Waals surface area contributed by atoms with Crippen molar-refractivity contribution in [2.24, 2.45) is 5.73 Å². The monoisotopic (exact) mass is 531 g/mol. The number of primary amides is 1. The maximum Gasteiger partial charge on any atom is 0.341 e. The average molecular weight is 532 g/mol. The summed E-state index contributed by atoms with van der Waals surface area (Å²) < 4.78 is 8.85. The summed E-state index contributed by atoms with van der Waals surface area (Å²) in [5, 5.41) is 11.7. The predicted octanol–water partition coefficient (Wildman–Crippen LogP) is 2.88. The number of ether oxygens (including phenoxy) is 1. The molecule has 0 aliphatic heterocycles. The van der Waals surface area contributed by atoms with Crippen molar-refractivity contribution in [1.82, 2.24) is 24.4 Å². The molecule has 4 aromatic heterocycles. The highest BCUT2D eigenvalue weighted by molar-refractivity contribution is 9.10. The molecule has 0 aliphatic carbocycles. The number of hydrogen-bond acceptors (Lipinski definition) is 8. The number of carbonyl (C=O) groups is 3. The van der Waals surface area contributed by atoms with Crippen LogP contribution in [0.15, 0.2) is 29.0 Å². The highest BCUT2D eigenvalue weighted by atomic mass is 79.9. The minimum atomic E-state index is -0.707. The van der Waals surface area contributed by atoms with Crippen LogP contribution in [0.1, 0.15) is 43.0 Å². The number of halogens is 1. The fraction of sp³-hybridized carbons (Fsp3) is 0.200. The highest BCUT2D eigenvalue weighted by Crippen LogP contribution is 2.34. The molecule has 0 unspecified atom stereocenters. The van der Waals surface area contributed by atoms with Gasteiger partial charge in [-0.25, -0.2) is 14.3 Å². The van der Waals surface area contributed by atoms with E-state index in [9.17, 15) is 14.4 Å². The van der Waals surface area contributed by atoms with Gasteiger partial charge < -0.3 is 15.8 Å². The highest BCUT2D eigenvalue weighted by Gasteiger charge is 2.26. The van der Waals surface area contributed by atoms with Crippen molar-refractivity contribution in [2.75, 3.05) is 12.4 Å². The van der Waals surface area contributed by atoms with Gasteiger partial charge in [0.1, 0.15) is 10.7 Å². The van der Waals surface area contributed by atoms with E-state index in [1.165, 1.54) is 17.7 Å². The SMILES string of the molecule is CCn1cc(Br)c(-c2ccnc3cc(C(=O)Nc4sc(C(N)=O)c(C)c4C(=O)OC)nn23)n1. The number of hydrogen-bond donors (Lipinski definition) is 2. The summed E-state index contributed by atoms with van der Waals surface area (Å²) in [6.07, 6.45) is 3.45. The van der Waals surface area contributed by atoms with E-state index in [0.29, 0.717) is 29.1 Å². The second-order valence-corrected chi connectivity index (χ2v) is 8.76. The maximum atomic E-state index is 13.0. The molecule has 0 aliphatic rings. The van der Waals surface area contributed by atoms with Gasteiger partial charge in [-0.05, 0) is 41.4 Å². The van der Waals surface area contributed by atoms with Gasteiger partial charge in [0.25, 0.3) is 11.8 Å². The van der Waals surface area contributed by atoms with Gasteiger partial charge in [0.15, 0.2) is 11.3 Å². The lowest BCUT2D eigenvalue weighted by molar-refractivity contribution is 0.0601. The Morgan fingerprint density at radius 2 is 2.06 bits per heavy atom. The summed E-state index contributed by atoms with van der Waals surface area (Å²) in [5.41, 5.74) is 7.58. The van der Waals surface area contributed by atoms with E-state index < -0.39 is 17.8 Å². The number of nitrogens with zero attached hydrogens (tertiary/aromatic N) is 5. The van der Waals surface area contributed by atoms with Crippen LogP contribution in [-0.4, -0.2) is 49.3 Å². The quantitative estimate of drug-likeness (QED) is 0.363. The van der Waals surface area contributed by atoms with Crippen LogP contribution in [0.25, 0.3) is 17.0 Å². The standard InChI is InChI=1S/C20H18BrN7O4S/c1-4-27-8-10(21)15(26-27)12-5-6-23-13-7-11(25-28(12)13)18(30)24-19-14(20(31)32-3)9(2)16(33-19)17(22)29/h5-8H,4H2,1-3H3,(H2,22,29)(H,24,30). The molecule has 4 heterocycles. The van der Waals surface area contributed by atoms with Crippen LogP contribution >= 0.6 is 27.3 Å². The number of rotatable bonds is 6. The Hall–Kier alpha value is -3.58. The first kappa shape index (κ1) is 22.6. The van der Waals surface area contributed by atoms with Gasteiger partial charge in [0.05, 0.1) is 27.7 Å². The van der Waals surface area contributed by atoms with Crippen molar-refractivity contribution in [3.8, 4) is 11.4 Å². The third-order valence-electron chi connectivity index (χ3n) is 4.86. The van der Waals surface area contributed by atoms with Crippen molar-refractivity contribution in [3.63, 3.8) is 0 Å². The fourth-order valence-corrected chi connectivity index (χ4v) is 4.83. The Bertz CT molecular complexity index is 1420. The van der Waals surface area contributed by atoms with Crippen molar-refractivity contribution in [1.29, 1.82) is 0 Å². The molecule has 0 saturated heterocycles. The molecule has 33 heavy (non-hydrogen) atoms. The van der Waals surface area contributed by atoms with Gasteiger partial charge in [-0.2, -0.15) is 10.2 Å². The van der Waals surface area contributed by atoms with Gasteiger partial charge in [-0.1, -0.05) is 0 Å². The minimum Gasteiger partial charge on any atom is -0.465 e. The summed E-state index contributed by atoms with van der Waals surface area (Å²) >= 11 is 4.40. The van der Waals surface area contributed by atoms with Crippen LogP contribution in [-0.2, 0) is 11.3 Å². The molecule has 4 aromatic rings. The Morgan fingerprint density at radius 1 is 1.30 bits per heavy atom. The molecule has 0 atom stereocenters. The van der Waals surface area contributed by atoms with Crippen LogP contribution in [0.2, 0.25) is 0 Å². The van der Waals surface area contributed by atoms with Crippen molar-refractivity contribution < 1.29 is 19.1 Å². The fourth-order valence-electron chi connectivity index (χ4n) is 3.27. The van der Waals surface area contributed by atoms with Gasteiger partial charge in [0, 0.05) is 25.0 Å². The second kappa shape index (κ2) is 8.75. The van der Waals surface area contributed by atoms with Crippen LogP contribution in [0.5, 0.6) is 0 Å². The molecule has 11 nitrogen and oxygen atoms in total. The van der Waals surface area contributed by atoms with Crippen molar-refractivity contribution in [3.05, 3.63) is 50.7 Å². The predicted molar refractivity (Wildman–Crippen MR) is 124 cm³/mol. The summed E-state index contributed by atoms with van der Waals surface area (Å²) in [5.74, 6) is -1.99. The number of carbonyl (C=O) groups excluding carboxylic acids is 3. The number of thiophene rings is 1. The molecule has 0 bridgehead atoms. The first-order valence-electron chi connectivity index (χ1n) is 9.66. The Morgan fingerprint density at radius 3 is 2.70 bits per heavy atom. The zero-order chi connectivity index (χ0) is 23.9. The third kappa shape index (κ3) is 4.00. The number of aromatic nitrogens is 5. The number of aryl methyl sites for hydroxylation is 1. The molecule has 4 rings (SSSR count). The summed E-state index contributed by atoms with van der Waals surface area (Å²) in [6.45, 7) is 4.22. The molecular weight excluding hydrogens is 514 g/mol. The average Bonchev–Trinajstić information content (AvgIpc) is 3.48. The lowest BCUT2D eigenvalue weighted by Crippen LogP contribution is -2.15. The molecule has 0 aromatic carbocycles. The summed E-state index contributed by atoms with van der Waals surface area (Å²) in [6, 6.07) is 3.25. The van der Waals surface area contributed by atoms with Gasteiger partial charge in [-0.15, -0.1) is 11.3 Å². The first-order valence-corrected chi connectivity index (χ1v) is 11.3.